The molecule has 0 aliphatic rings. The fourth-order valence-electron chi connectivity index (χ4n) is 1.97. The van der Waals surface area contributed by atoms with Crippen LogP contribution in [0, 0.1) is 5.92 Å². The van der Waals surface area contributed by atoms with Crippen molar-refractivity contribution in [2.45, 2.75) is 25.2 Å². The molecular weight excluding hydrogens is 420 g/mol. The number of rotatable bonds is 8. The second-order valence-corrected chi connectivity index (χ2v) is 8.67. The topological polar surface area (TPSA) is 84.5 Å². The van der Waals surface area contributed by atoms with Crippen LogP contribution in [0.1, 0.15) is 30.6 Å². The molecule has 0 saturated heterocycles. The van der Waals surface area contributed by atoms with E-state index in [-0.39, 0.29) is 4.90 Å². The maximum atomic E-state index is 12.1. The van der Waals surface area contributed by atoms with E-state index in [9.17, 15) is 13.2 Å². The van der Waals surface area contributed by atoms with E-state index in [4.69, 9.17) is 4.74 Å². The molecule has 2 rings (SSSR count). The lowest BCUT2D eigenvalue weighted by Crippen LogP contribution is -2.41. The molecule has 0 unspecified atom stereocenters. The van der Waals surface area contributed by atoms with E-state index in [1.807, 2.05) is 0 Å². The molecule has 0 aliphatic carbocycles. The SMILES string of the molecule is CC(C)CCOc1ccc(C(=O)NNS(=O)(=O)c2ccc(Br)cc2)cc1. The van der Waals surface area contributed by atoms with Crippen molar-refractivity contribution in [3.63, 3.8) is 0 Å². The summed E-state index contributed by atoms with van der Waals surface area (Å²) in [6.45, 7) is 4.84. The third-order valence-corrected chi connectivity index (χ3v) is 5.30. The Morgan fingerprint density at radius 2 is 1.69 bits per heavy atom. The van der Waals surface area contributed by atoms with Crippen LogP contribution < -0.4 is 15.0 Å². The van der Waals surface area contributed by atoms with Crippen molar-refractivity contribution < 1.29 is 17.9 Å². The molecule has 140 valence electrons. The number of carbonyl (C=O) groups is 1. The first-order valence-electron chi connectivity index (χ1n) is 8.08. The van der Waals surface area contributed by atoms with Crippen LogP contribution in [0.15, 0.2) is 57.9 Å². The van der Waals surface area contributed by atoms with Crippen molar-refractivity contribution in [3.05, 3.63) is 58.6 Å². The van der Waals surface area contributed by atoms with Gasteiger partial charge in [0.2, 0.25) is 0 Å². The Morgan fingerprint density at radius 1 is 1.08 bits per heavy atom. The number of benzene rings is 2. The van der Waals surface area contributed by atoms with Gasteiger partial charge in [0.15, 0.2) is 0 Å². The highest BCUT2D eigenvalue weighted by Gasteiger charge is 2.15. The van der Waals surface area contributed by atoms with Gasteiger partial charge < -0.3 is 4.74 Å². The first kappa shape index (κ1) is 20.4. The summed E-state index contributed by atoms with van der Waals surface area (Å²) in [4.78, 5) is 14.2. The molecule has 0 saturated carbocycles. The van der Waals surface area contributed by atoms with E-state index in [2.05, 4.69) is 40.0 Å². The van der Waals surface area contributed by atoms with Crippen molar-refractivity contribution >= 4 is 31.9 Å². The fourth-order valence-corrected chi connectivity index (χ4v) is 3.08. The quantitative estimate of drug-likeness (QED) is 0.615. The van der Waals surface area contributed by atoms with Crippen LogP contribution >= 0.6 is 15.9 Å². The minimum Gasteiger partial charge on any atom is -0.494 e. The molecule has 26 heavy (non-hydrogen) atoms. The maximum Gasteiger partial charge on any atom is 0.266 e. The Balaban J connectivity index is 1.92. The molecule has 0 fully saturated rings. The Labute approximate surface area is 162 Å². The summed E-state index contributed by atoms with van der Waals surface area (Å²) in [7, 11) is -3.84. The van der Waals surface area contributed by atoms with Crippen molar-refractivity contribution in [2.75, 3.05) is 6.61 Å². The van der Waals surface area contributed by atoms with E-state index < -0.39 is 15.9 Å². The van der Waals surface area contributed by atoms with Gasteiger partial charge in [0, 0.05) is 10.0 Å². The Hall–Kier alpha value is -1.90. The first-order chi connectivity index (χ1) is 12.3. The number of hydrogen-bond donors (Lipinski definition) is 2. The highest BCUT2D eigenvalue weighted by Crippen LogP contribution is 2.15. The van der Waals surface area contributed by atoms with Gasteiger partial charge in [-0.15, -0.1) is 4.83 Å². The lowest BCUT2D eigenvalue weighted by atomic mass is 10.1. The van der Waals surface area contributed by atoms with Crippen LogP contribution in [0.25, 0.3) is 0 Å². The normalized spacial score (nSPS) is 11.4. The van der Waals surface area contributed by atoms with Gasteiger partial charge in [0.05, 0.1) is 11.5 Å². The summed E-state index contributed by atoms with van der Waals surface area (Å²) >= 11 is 3.24. The first-order valence-corrected chi connectivity index (χ1v) is 10.4. The zero-order valence-electron chi connectivity index (χ0n) is 14.5. The van der Waals surface area contributed by atoms with Gasteiger partial charge in [-0.1, -0.05) is 29.8 Å². The van der Waals surface area contributed by atoms with E-state index in [1.165, 1.54) is 12.1 Å². The Kier molecular flexibility index (Phi) is 7.19. The van der Waals surface area contributed by atoms with Crippen molar-refractivity contribution in [1.29, 1.82) is 0 Å². The third kappa shape index (κ3) is 6.12. The molecular formula is C18H21BrN2O4S. The molecule has 2 aromatic carbocycles. The molecule has 0 spiro atoms. The lowest BCUT2D eigenvalue weighted by molar-refractivity contribution is 0.0945. The van der Waals surface area contributed by atoms with Crippen molar-refractivity contribution in [2.24, 2.45) is 5.92 Å². The monoisotopic (exact) mass is 440 g/mol. The number of sulfonamides is 1. The summed E-state index contributed by atoms with van der Waals surface area (Å²) in [5.74, 6) is 0.663. The molecule has 6 nitrogen and oxygen atoms in total. The number of nitrogens with one attached hydrogen (secondary N) is 2. The molecule has 0 heterocycles. The zero-order chi connectivity index (χ0) is 19.2. The van der Waals surface area contributed by atoms with Gasteiger partial charge in [-0.05, 0) is 60.9 Å². The molecule has 0 aromatic heterocycles. The van der Waals surface area contributed by atoms with Crippen molar-refractivity contribution in [1.82, 2.24) is 10.3 Å². The van der Waals surface area contributed by atoms with Gasteiger partial charge in [-0.3, -0.25) is 10.2 Å². The fraction of sp³-hybridized carbons (Fsp3) is 0.278. The number of amides is 1. The van der Waals surface area contributed by atoms with Gasteiger partial charge in [0.25, 0.3) is 15.9 Å². The van der Waals surface area contributed by atoms with Gasteiger partial charge in [-0.25, -0.2) is 8.42 Å². The second kappa shape index (κ2) is 9.16. The van der Waals surface area contributed by atoms with Crippen LogP contribution in [-0.2, 0) is 10.0 Å². The van der Waals surface area contributed by atoms with Gasteiger partial charge in [0.1, 0.15) is 5.75 Å². The minimum atomic E-state index is -3.84. The standard InChI is InChI=1S/C18H21BrN2O4S/c1-13(2)11-12-25-16-7-3-14(4-8-16)18(22)20-21-26(23,24)17-9-5-15(19)6-10-17/h3-10,13,21H,11-12H2,1-2H3,(H,20,22). The van der Waals surface area contributed by atoms with E-state index >= 15 is 0 Å². The van der Waals surface area contributed by atoms with Crippen LogP contribution in [0.4, 0.5) is 0 Å². The average molecular weight is 441 g/mol. The van der Waals surface area contributed by atoms with E-state index in [0.717, 1.165) is 10.9 Å². The average Bonchev–Trinajstić information content (AvgIpc) is 2.60. The van der Waals surface area contributed by atoms with E-state index in [1.54, 1.807) is 36.4 Å². The number of carbonyl (C=O) groups excluding carboxylic acids is 1. The summed E-state index contributed by atoms with van der Waals surface area (Å²) in [6, 6.07) is 12.6. The Bertz CT molecular complexity index is 834. The minimum absolute atomic E-state index is 0.0508. The third-order valence-electron chi connectivity index (χ3n) is 3.50. The predicted molar refractivity (Wildman–Crippen MR) is 103 cm³/mol. The van der Waals surface area contributed by atoms with E-state index in [0.29, 0.717) is 23.8 Å². The van der Waals surface area contributed by atoms with Gasteiger partial charge in [-0.2, -0.15) is 0 Å². The number of halogens is 1. The highest BCUT2D eigenvalue weighted by molar-refractivity contribution is 9.10. The lowest BCUT2D eigenvalue weighted by Gasteiger charge is -2.10. The van der Waals surface area contributed by atoms with Gasteiger partial charge >= 0.3 is 0 Å². The smallest absolute Gasteiger partial charge is 0.266 e. The molecule has 0 atom stereocenters. The number of hydrazine groups is 1. The van der Waals surface area contributed by atoms with Crippen LogP contribution in [0.3, 0.4) is 0 Å². The molecule has 0 radical (unpaired) electrons. The number of hydrogen-bond acceptors (Lipinski definition) is 4. The zero-order valence-corrected chi connectivity index (χ0v) is 16.9. The van der Waals surface area contributed by atoms with Crippen LogP contribution in [0.5, 0.6) is 5.75 Å². The summed E-state index contributed by atoms with van der Waals surface area (Å²) in [6.07, 6.45) is 0.945. The second-order valence-electron chi connectivity index (χ2n) is 6.07. The Morgan fingerprint density at radius 3 is 2.27 bits per heavy atom. The number of ether oxygens (including phenoxy) is 1. The summed E-state index contributed by atoms with van der Waals surface area (Å²) < 4.78 is 30.6. The molecule has 0 aliphatic heterocycles. The predicted octanol–water partition coefficient (Wildman–Crippen LogP) is 3.50. The molecule has 0 bridgehead atoms. The summed E-state index contributed by atoms with van der Waals surface area (Å²) in [5.41, 5.74) is 2.52. The largest absolute Gasteiger partial charge is 0.494 e. The highest BCUT2D eigenvalue weighted by atomic mass is 79.9. The van der Waals surface area contributed by atoms with Crippen molar-refractivity contribution in [3.8, 4) is 5.75 Å². The van der Waals surface area contributed by atoms with Crippen LogP contribution in [0.2, 0.25) is 0 Å². The van der Waals surface area contributed by atoms with Crippen LogP contribution in [-0.4, -0.2) is 20.9 Å². The summed E-state index contributed by atoms with van der Waals surface area (Å²) in [5, 5.41) is 0. The molecule has 1 amide bonds. The molecule has 2 N–H and O–H groups in total. The maximum absolute atomic E-state index is 12.1. The molecule has 2 aromatic rings. The molecule has 8 heteroatoms.